The zero-order valence-electron chi connectivity index (χ0n) is 18.0. The van der Waals surface area contributed by atoms with E-state index in [1.165, 1.54) is 4.31 Å². The summed E-state index contributed by atoms with van der Waals surface area (Å²) < 4.78 is 32.9. The molecule has 2 heterocycles. The number of aromatic nitrogens is 2. The Kier molecular flexibility index (Phi) is 6.82. The highest BCUT2D eigenvalue weighted by molar-refractivity contribution is 7.89. The number of rotatable bonds is 7. The smallest absolute Gasteiger partial charge is 0.246 e. The van der Waals surface area contributed by atoms with E-state index in [0.717, 1.165) is 29.8 Å². The van der Waals surface area contributed by atoms with Gasteiger partial charge in [-0.25, -0.2) is 8.42 Å². The van der Waals surface area contributed by atoms with E-state index >= 15 is 0 Å². The van der Waals surface area contributed by atoms with Gasteiger partial charge in [0.15, 0.2) is 0 Å². The number of aryl methyl sites for hydroxylation is 3. The lowest BCUT2D eigenvalue weighted by Gasteiger charge is -2.32. The molecule has 1 saturated heterocycles. The molecule has 1 fully saturated rings. The maximum absolute atomic E-state index is 13.1. The summed E-state index contributed by atoms with van der Waals surface area (Å²) in [5, 5.41) is 9.71. The molecule has 1 aromatic heterocycles. The van der Waals surface area contributed by atoms with Gasteiger partial charge in [-0.05, 0) is 69.7 Å². The van der Waals surface area contributed by atoms with Crippen molar-refractivity contribution in [1.82, 2.24) is 14.5 Å². The third-order valence-corrected chi connectivity index (χ3v) is 7.76. The molecule has 0 saturated carbocycles. The first-order valence-electron chi connectivity index (χ1n) is 10.2. The van der Waals surface area contributed by atoms with Crippen LogP contribution in [0.3, 0.4) is 0 Å². The van der Waals surface area contributed by atoms with Gasteiger partial charge in [-0.1, -0.05) is 0 Å². The average Bonchev–Trinajstić information content (AvgIpc) is 3.07. The molecule has 0 bridgehead atoms. The Labute approximate surface area is 178 Å². The molecule has 1 aliphatic heterocycles. The van der Waals surface area contributed by atoms with Crippen molar-refractivity contribution in [3.05, 3.63) is 35.2 Å². The molecular formula is C21H30N4O4S. The van der Waals surface area contributed by atoms with E-state index in [9.17, 15) is 13.2 Å². The number of nitrogens with one attached hydrogen (secondary N) is 2. The predicted octanol–water partition coefficient (Wildman–Crippen LogP) is 3.16. The first kappa shape index (κ1) is 22.3. The average molecular weight is 435 g/mol. The summed E-state index contributed by atoms with van der Waals surface area (Å²) in [6.45, 7) is 6.27. The van der Waals surface area contributed by atoms with Crippen molar-refractivity contribution in [3.8, 4) is 5.75 Å². The van der Waals surface area contributed by atoms with Crippen molar-refractivity contribution < 1.29 is 17.9 Å². The fourth-order valence-electron chi connectivity index (χ4n) is 3.98. The molecule has 0 aliphatic carbocycles. The van der Waals surface area contributed by atoms with Gasteiger partial charge in [0, 0.05) is 25.2 Å². The van der Waals surface area contributed by atoms with Gasteiger partial charge in [-0.3, -0.25) is 9.89 Å². The number of hydrogen-bond acceptors (Lipinski definition) is 5. The highest BCUT2D eigenvalue weighted by Crippen LogP contribution is 2.29. The number of H-pyrrole nitrogens is 1. The van der Waals surface area contributed by atoms with Crippen LogP contribution in [0.5, 0.6) is 5.75 Å². The molecule has 1 atom stereocenters. The molecule has 1 aliphatic rings. The van der Waals surface area contributed by atoms with Gasteiger partial charge in [0.1, 0.15) is 10.6 Å². The lowest BCUT2D eigenvalue weighted by Crippen LogP contribution is -2.40. The Morgan fingerprint density at radius 1 is 1.33 bits per heavy atom. The van der Waals surface area contributed by atoms with Gasteiger partial charge < -0.3 is 10.1 Å². The Morgan fingerprint density at radius 3 is 2.73 bits per heavy atom. The molecule has 30 heavy (non-hydrogen) atoms. The van der Waals surface area contributed by atoms with E-state index in [1.54, 1.807) is 21.0 Å². The van der Waals surface area contributed by atoms with Gasteiger partial charge in [-0.15, -0.1) is 0 Å². The highest BCUT2D eigenvalue weighted by atomic mass is 32.2. The molecule has 3 rings (SSSR count). The summed E-state index contributed by atoms with van der Waals surface area (Å²) in [6.07, 6.45) is 2.72. The van der Waals surface area contributed by atoms with Crippen molar-refractivity contribution in [1.29, 1.82) is 0 Å². The van der Waals surface area contributed by atoms with Gasteiger partial charge in [-0.2, -0.15) is 9.40 Å². The second-order valence-electron chi connectivity index (χ2n) is 7.90. The molecule has 1 aromatic carbocycles. The summed E-state index contributed by atoms with van der Waals surface area (Å²) in [6, 6.07) is 5.52. The van der Waals surface area contributed by atoms with Gasteiger partial charge >= 0.3 is 0 Å². The van der Waals surface area contributed by atoms with Crippen molar-refractivity contribution in [2.45, 2.75) is 51.3 Å². The Balaban J connectivity index is 1.58. The third-order valence-electron chi connectivity index (χ3n) is 5.63. The van der Waals surface area contributed by atoms with Gasteiger partial charge in [0.25, 0.3) is 0 Å². The van der Waals surface area contributed by atoms with Crippen molar-refractivity contribution in [3.63, 3.8) is 0 Å². The van der Waals surface area contributed by atoms with Gasteiger partial charge in [0.05, 0.1) is 18.5 Å². The van der Waals surface area contributed by atoms with Crippen LogP contribution in [-0.2, 0) is 14.8 Å². The third kappa shape index (κ3) is 4.84. The second kappa shape index (κ2) is 9.18. The van der Waals surface area contributed by atoms with Gasteiger partial charge in [0.2, 0.25) is 15.9 Å². The van der Waals surface area contributed by atoms with E-state index in [4.69, 9.17) is 4.74 Å². The van der Waals surface area contributed by atoms with E-state index in [0.29, 0.717) is 37.3 Å². The largest absolute Gasteiger partial charge is 0.497 e. The second-order valence-corrected chi connectivity index (χ2v) is 9.78. The first-order valence-corrected chi connectivity index (χ1v) is 11.6. The minimum Gasteiger partial charge on any atom is -0.497 e. The summed E-state index contributed by atoms with van der Waals surface area (Å²) >= 11 is 0. The summed E-state index contributed by atoms with van der Waals surface area (Å²) in [7, 11) is -1.98. The van der Waals surface area contributed by atoms with Crippen molar-refractivity contribution >= 4 is 21.6 Å². The van der Waals surface area contributed by atoms with Crippen LogP contribution in [0.15, 0.2) is 23.1 Å². The number of ether oxygens (including phenoxy) is 1. The molecular weight excluding hydrogens is 404 g/mol. The quantitative estimate of drug-likeness (QED) is 0.697. The van der Waals surface area contributed by atoms with E-state index < -0.39 is 10.0 Å². The SMILES string of the molecule is COc1ccc(NC(=O)CC[C@H]2CCCN(S(=O)(=O)c3c(C)n[nH]c3C)C2)c(C)c1. The monoisotopic (exact) mass is 434 g/mol. The standard InChI is InChI=1S/C21H30N4O4S/c1-14-12-18(29-4)8-9-19(14)22-20(26)10-7-17-6-5-11-25(13-17)30(27,28)21-15(2)23-24-16(21)3/h8-9,12,17H,5-7,10-11,13H2,1-4H3,(H,22,26)(H,23,24)/t17-/m1/s1. The zero-order valence-corrected chi connectivity index (χ0v) is 18.8. The number of benzene rings is 1. The van der Waals surface area contributed by atoms with E-state index in [2.05, 4.69) is 15.5 Å². The first-order chi connectivity index (χ1) is 14.2. The minimum absolute atomic E-state index is 0.0650. The van der Waals surface area contributed by atoms with Crippen LogP contribution in [0.4, 0.5) is 5.69 Å². The number of methoxy groups -OCH3 is 1. The van der Waals surface area contributed by atoms with Crippen LogP contribution in [0.2, 0.25) is 0 Å². The van der Waals surface area contributed by atoms with E-state index in [-0.39, 0.29) is 16.7 Å². The van der Waals surface area contributed by atoms with Crippen LogP contribution < -0.4 is 10.1 Å². The molecule has 9 heteroatoms. The summed E-state index contributed by atoms with van der Waals surface area (Å²) in [4.78, 5) is 12.7. The maximum Gasteiger partial charge on any atom is 0.246 e. The summed E-state index contributed by atoms with van der Waals surface area (Å²) in [5.41, 5.74) is 2.75. The van der Waals surface area contributed by atoms with Crippen LogP contribution in [-0.4, -0.2) is 49.0 Å². The lowest BCUT2D eigenvalue weighted by atomic mass is 9.94. The topological polar surface area (TPSA) is 104 Å². The molecule has 0 radical (unpaired) electrons. The highest BCUT2D eigenvalue weighted by Gasteiger charge is 2.33. The van der Waals surface area contributed by atoms with Crippen molar-refractivity contribution in [2.24, 2.45) is 5.92 Å². The number of sulfonamides is 1. The molecule has 0 unspecified atom stereocenters. The minimum atomic E-state index is -3.59. The maximum atomic E-state index is 13.1. The normalized spacial score (nSPS) is 17.7. The number of carbonyl (C=O) groups is 1. The predicted molar refractivity (Wildman–Crippen MR) is 115 cm³/mol. The number of carbonyl (C=O) groups excluding carboxylic acids is 1. The molecule has 0 spiro atoms. The molecule has 164 valence electrons. The Morgan fingerprint density at radius 2 is 2.10 bits per heavy atom. The number of aromatic amines is 1. The molecule has 2 aromatic rings. The number of nitrogens with zero attached hydrogens (tertiary/aromatic N) is 2. The number of amides is 1. The zero-order chi connectivity index (χ0) is 21.9. The number of hydrogen-bond donors (Lipinski definition) is 2. The Bertz CT molecular complexity index is 997. The summed E-state index contributed by atoms with van der Waals surface area (Å²) in [5.74, 6) is 0.839. The van der Waals surface area contributed by atoms with E-state index in [1.807, 2.05) is 25.1 Å². The Hall–Kier alpha value is -2.39. The molecule has 8 nitrogen and oxygen atoms in total. The van der Waals surface area contributed by atoms with Crippen LogP contribution in [0.1, 0.15) is 42.6 Å². The van der Waals surface area contributed by atoms with Crippen LogP contribution >= 0.6 is 0 Å². The fraction of sp³-hybridized carbons (Fsp3) is 0.524. The van der Waals surface area contributed by atoms with Crippen molar-refractivity contribution in [2.75, 3.05) is 25.5 Å². The fourth-order valence-corrected chi connectivity index (χ4v) is 5.87. The number of piperidine rings is 1. The van der Waals surface area contributed by atoms with Crippen LogP contribution in [0, 0.1) is 26.7 Å². The van der Waals surface area contributed by atoms with Crippen LogP contribution in [0.25, 0.3) is 0 Å². The lowest BCUT2D eigenvalue weighted by molar-refractivity contribution is -0.116. The number of anilines is 1. The molecule has 2 N–H and O–H groups in total. The molecule has 1 amide bonds.